The number of piperidine rings is 1. The van der Waals surface area contributed by atoms with Gasteiger partial charge in [-0.25, -0.2) is 4.98 Å². The van der Waals surface area contributed by atoms with E-state index in [2.05, 4.69) is 25.9 Å². The second-order valence-corrected chi connectivity index (χ2v) is 13.7. The van der Waals surface area contributed by atoms with Crippen molar-refractivity contribution in [1.29, 1.82) is 0 Å². The van der Waals surface area contributed by atoms with Crippen LogP contribution in [-0.2, 0) is 24.0 Å². The molecule has 1 aliphatic heterocycles. The molecule has 46 heavy (non-hydrogen) atoms. The second kappa shape index (κ2) is 13.4. The van der Waals surface area contributed by atoms with E-state index in [1.165, 1.54) is 23.5 Å². The smallest absolute Gasteiger partial charge is 0.287 e. The van der Waals surface area contributed by atoms with Gasteiger partial charge < -0.3 is 26.6 Å². The molecular formula is C33H43N7O6. The lowest BCUT2D eigenvalue weighted by atomic mass is 9.84. The number of Topliss-reactive ketones (excluding diaryl/α,β-unsaturated/α-hetero) is 1. The quantitative estimate of drug-likeness (QED) is 0.251. The molecule has 0 bridgehead atoms. The number of carbonyl (C=O) groups excluding carboxylic acids is 6. The molecule has 1 aliphatic carbocycles. The van der Waals surface area contributed by atoms with Gasteiger partial charge in [-0.15, -0.1) is 0 Å². The van der Waals surface area contributed by atoms with Crippen LogP contribution in [0.3, 0.4) is 0 Å². The molecule has 2 heterocycles. The molecule has 13 nitrogen and oxygen atoms in total. The van der Waals surface area contributed by atoms with Gasteiger partial charge in [0.05, 0.1) is 12.2 Å². The largest absolute Gasteiger partial charge is 0.363 e. The Morgan fingerprint density at radius 3 is 2.26 bits per heavy atom. The highest BCUT2D eigenvalue weighted by Crippen LogP contribution is 2.65. The fraction of sp³-hybridized carbons (Fsp3) is 0.515. The van der Waals surface area contributed by atoms with Crippen LogP contribution in [-0.4, -0.2) is 74.9 Å². The van der Waals surface area contributed by atoms with E-state index >= 15 is 0 Å². The minimum absolute atomic E-state index is 0.0173. The summed E-state index contributed by atoms with van der Waals surface area (Å²) in [6, 6.07) is 4.32. The number of nitrogens with zero attached hydrogens (tertiary/aromatic N) is 3. The highest BCUT2D eigenvalue weighted by atomic mass is 16.2. The Bertz CT molecular complexity index is 1490. The SMILES string of the molecule is CCCC(NC(=O)[C@@H]1[C@@H]2[C@H](CN1C(=O)[C@@H](NC(=O)[C@@H](NC(=O)c1cnccn1)c1ccccc1)C(C)(C)C)C2(C)C)C(=O)C(N)=O. The highest BCUT2D eigenvalue weighted by molar-refractivity contribution is 6.37. The first-order valence-electron chi connectivity index (χ1n) is 15.5. The number of rotatable bonds is 12. The minimum Gasteiger partial charge on any atom is -0.363 e. The van der Waals surface area contributed by atoms with Crippen molar-refractivity contribution in [2.75, 3.05) is 6.54 Å². The normalized spacial score (nSPS) is 21.6. The third-order valence-electron chi connectivity index (χ3n) is 9.08. The lowest BCUT2D eigenvalue weighted by Crippen LogP contribution is -2.61. The summed E-state index contributed by atoms with van der Waals surface area (Å²) < 4.78 is 0. The molecule has 5 N–H and O–H groups in total. The summed E-state index contributed by atoms with van der Waals surface area (Å²) in [6.45, 7) is 11.5. The number of amides is 5. The van der Waals surface area contributed by atoms with Crippen molar-refractivity contribution in [1.82, 2.24) is 30.8 Å². The summed E-state index contributed by atoms with van der Waals surface area (Å²) in [5.41, 5.74) is 4.71. The summed E-state index contributed by atoms with van der Waals surface area (Å²) in [5.74, 6) is -4.45. The molecule has 2 aromatic rings. The van der Waals surface area contributed by atoms with Gasteiger partial charge in [0.1, 0.15) is 23.8 Å². The number of likely N-dealkylation sites (tertiary alicyclic amines) is 1. The fourth-order valence-corrected chi connectivity index (χ4v) is 6.41. The monoisotopic (exact) mass is 633 g/mol. The number of benzene rings is 1. The van der Waals surface area contributed by atoms with E-state index in [9.17, 15) is 28.8 Å². The van der Waals surface area contributed by atoms with Crippen molar-refractivity contribution >= 4 is 35.3 Å². The molecule has 246 valence electrons. The van der Waals surface area contributed by atoms with Gasteiger partial charge in [0, 0.05) is 18.9 Å². The van der Waals surface area contributed by atoms with E-state index in [0.717, 1.165) is 0 Å². The molecule has 13 heteroatoms. The minimum atomic E-state index is -1.17. The second-order valence-electron chi connectivity index (χ2n) is 13.7. The van der Waals surface area contributed by atoms with Crippen molar-refractivity contribution in [2.45, 2.75) is 78.6 Å². The van der Waals surface area contributed by atoms with Gasteiger partial charge in [-0.2, -0.15) is 0 Å². The number of ketones is 1. The lowest BCUT2D eigenvalue weighted by molar-refractivity contribution is -0.146. The van der Waals surface area contributed by atoms with Crippen LogP contribution < -0.4 is 21.7 Å². The van der Waals surface area contributed by atoms with E-state index in [0.29, 0.717) is 12.0 Å². The molecule has 1 aromatic heterocycles. The van der Waals surface area contributed by atoms with E-state index < -0.39 is 64.9 Å². The molecule has 1 saturated carbocycles. The third-order valence-corrected chi connectivity index (χ3v) is 9.08. The molecule has 0 radical (unpaired) electrons. The van der Waals surface area contributed by atoms with Crippen LogP contribution in [0.15, 0.2) is 48.9 Å². The zero-order valence-electron chi connectivity index (χ0n) is 27.1. The maximum Gasteiger partial charge on any atom is 0.287 e. The molecule has 1 aromatic carbocycles. The summed E-state index contributed by atoms with van der Waals surface area (Å²) >= 11 is 0. The molecule has 4 rings (SSSR count). The van der Waals surface area contributed by atoms with Crippen LogP contribution >= 0.6 is 0 Å². The molecule has 2 fully saturated rings. The fourth-order valence-electron chi connectivity index (χ4n) is 6.41. The highest BCUT2D eigenvalue weighted by Gasteiger charge is 2.70. The first-order valence-corrected chi connectivity index (χ1v) is 15.5. The van der Waals surface area contributed by atoms with Gasteiger partial charge >= 0.3 is 0 Å². The molecular weight excluding hydrogens is 590 g/mol. The molecule has 0 spiro atoms. The van der Waals surface area contributed by atoms with E-state index in [1.807, 2.05) is 20.8 Å². The maximum absolute atomic E-state index is 14.4. The van der Waals surface area contributed by atoms with Crippen molar-refractivity contribution < 1.29 is 28.8 Å². The Morgan fingerprint density at radius 1 is 1.02 bits per heavy atom. The number of fused-ring (bicyclic) bond motifs is 1. The summed E-state index contributed by atoms with van der Waals surface area (Å²) in [4.78, 5) is 88.7. The Kier molecular flexibility index (Phi) is 9.93. The van der Waals surface area contributed by atoms with Crippen LogP contribution in [0.4, 0.5) is 0 Å². The Hall–Kier alpha value is -4.68. The number of hydrogen-bond donors (Lipinski definition) is 4. The van der Waals surface area contributed by atoms with Crippen molar-refractivity contribution in [3.8, 4) is 0 Å². The first-order chi connectivity index (χ1) is 21.6. The third kappa shape index (κ3) is 7.08. The van der Waals surface area contributed by atoms with Crippen molar-refractivity contribution in [3.63, 3.8) is 0 Å². The van der Waals surface area contributed by atoms with E-state index in [1.54, 1.807) is 51.1 Å². The molecule has 6 atom stereocenters. The van der Waals surface area contributed by atoms with E-state index in [-0.39, 0.29) is 35.9 Å². The number of nitrogens with one attached hydrogen (secondary N) is 3. The average molecular weight is 634 g/mol. The van der Waals surface area contributed by atoms with Gasteiger partial charge in [-0.1, -0.05) is 78.3 Å². The van der Waals surface area contributed by atoms with Gasteiger partial charge in [0.2, 0.25) is 23.5 Å². The number of hydrogen-bond acceptors (Lipinski definition) is 8. The van der Waals surface area contributed by atoms with Crippen LogP contribution in [0, 0.1) is 22.7 Å². The number of primary amides is 1. The van der Waals surface area contributed by atoms with Gasteiger partial charge in [-0.3, -0.25) is 33.8 Å². The Morgan fingerprint density at radius 2 is 1.70 bits per heavy atom. The summed E-state index contributed by atoms with van der Waals surface area (Å²) in [6.07, 6.45) is 4.80. The van der Waals surface area contributed by atoms with Gasteiger partial charge in [0.25, 0.3) is 11.8 Å². The predicted octanol–water partition coefficient (Wildman–Crippen LogP) is 1.30. The summed E-state index contributed by atoms with van der Waals surface area (Å²) in [5, 5.41) is 8.26. The molecule has 5 amide bonds. The number of aromatic nitrogens is 2. The van der Waals surface area contributed by atoms with Crippen molar-refractivity contribution in [2.24, 2.45) is 28.4 Å². The summed E-state index contributed by atoms with van der Waals surface area (Å²) in [7, 11) is 0. The van der Waals surface area contributed by atoms with Gasteiger partial charge in [-0.05, 0) is 34.7 Å². The molecule has 1 saturated heterocycles. The van der Waals surface area contributed by atoms with Crippen LogP contribution in [0.2, 0.25) is 0 Å². The average Bonchev–Trinajstić information content (AvgIpc) is 3.33. The van der Waals surface area contributed by atoms with Crippen molar-refractivity contribution in [3.05, 3.63) is 60.2 Å². The van der Waals surface area contributed by atoms with Crippen LogP contribution in [0.1, 0.15) is 76.5 Å². The number of carbonyl (C=O) groups is 6. The number of nitrogens with two attached hydrogens (primary N) is 1. The Labute approximate surface area is 268 Å². The first kappa shape index (κ1) is 34.2. The molecule has 1 unspecified atom stereocenters. The standard InChI is InChI=1S/C33H43N7O6/c1-7-11-20(25(41)27(34)42)37-30(45)24-22-19(33(22,5)6)17-40(24)31(46)26(32(2,3)4)39-29(44)23(18-12-9-8-10-13-18)38-28(43)21-16-35-14-15-36-21/h8-10,12-16,19-20,22-24,26H,7,11,17H2,1-6H3,(H2,34,42)(H,37,45)(H,38,43)(H,39,44)/t19-,20?,22-,23-,24-,26+/m0/s1. The Balaban J connectivity index is 1.61. The predicted molar refractivity (Wildman–Crippen MR) is 167 cm³/mol. The zero-order chi connectivity index (χ0) is 34.0. The zero-order valence-corrected chi connectivity index (χ0v) is 27.1. The maximum atomic E-state index is 14.4. The topological polar surface area (TPSA) is 194 Å². The van der Waals surface area contributed by atoms with E-state index in [4.69, 9.17) is 5.73 Å². The van der Waals surface area contributed by atoms with Gasteiger partial charge in [0.15, 0.2) is 0 Å². The lowest BCUT2D eigenvalue weighted by Gasteiger charge is -2.38. The van der Waals surface area contributed by atoms with Crippen LogP contribution in [0.25, 0.3) is 0 Å². The molecule has 2 aliphatic rings. The van der Waals surface area contributed by atoms with Crippen LogP contribution in [0.5, 0.6) is 0 Å².